The van der Waals surface area contributed by atoms with Gasteiger partial charge in [-0.2, -0.15) is 0 Å². The molecule has 0 aromatic carbocycles. The lowest BCUT2D eigenvalue weighted by atomic mass is 9.89. The van der Waals surface area contributed by atoms with E-state index in [1.165, 1.54) is 54.4 Å². The van der Waals surface area contributed by atoms with Gasteiger partial charge in [-0.05, 0) is 61.1 Å². The number of nitrogens with zero attached hydrogens (tertiary/aromatic N) is 3. The van der Waals surface area contributed by atoms with Crippen molar-refractivity contribution in [1.29, 1.82) is 0 Å². The minimum absolute atomic E-state index is 0.789. The first-order chi connectivity index (χ1) is 12.4. The van der Waals surface area contributed by atoms with Crippen LogP contribution in [0, 0.1) is 0 Å². The number of anilines is 1. The zero-order chi connectivity index (χ0) is 16.8. The fourth-order valence-electron chi connectivity index (χ4n) is 4.37. The minimum Gasteiger partial charge on any atom is -0.465 e. The molecule has 5 nitrogen and oxygen atoms in total. The number of piperidine rings is 1. The maximum absolute atomic E-state index is 5.52. The van der Waals surface area contributed by atoms with Crippen LogP contribution in [-0.2, 0) is 12.8 Å². The standard InChI is InChI=1S/C19H22N4OS/c1-24-18-16-15(20-11-21-18)14-12-7-3-4-8-13(12)17(22-19(14)25-16)23-9-5-2-6-10-23/h11H,2-10H2,1H3/p+1. The molecule has 0 atom stereocenters. The van der Waals surface area contributed by atoms with Gasteiger partial charge in [-0.25, -0.2) is 9.97 Å². The predicted octanol–water partition coefficient (Wildman–Crippen LogP) is 3.54. The molecule has 25 heavy (non-hydrogen) atoms. The Hall–Kier alpha value is -1.95. The van der Waals surface area contributed by atoms with Crippen molar-refractivity contribution in [1.82, 2.24) is 9.97 Å². The van der Waals surface area contributed by atoms with Crippen LogP contribution in [0.2, 0.25) is 0 Å². The molecule has 0 saturated carbocycles. The topological polar surface area (TPSA) is 52.4 Å². The number of hydrogen-bond donors (Lipinski definition) is 0. The highest BCUT2D eigenvalue weighted by molar-refractivity contribution is 7.25. The number of nitrogens with one attached hydrogen (secondary N) is 1. The smallest absolute Gasteiger partial charge is 0.303 e. The highest BCUT2D eigenvalue weighted by Gasteiger charge is 2.28. The van der Waals surface area contributed by atoms with Crippen LogP contribution in [0.5, 0.6) is 5.88 Å². The van der Waals surface area contributed by atoms with Crippen LogP contribution >= 0.6 is 11.3 Å². The van der Waals surface area contributed by atoms with Crippen LogP contribution in [0.15, 0.2) is 6.33 Å². The number of aryl methyl sites for hydroxylation is 1. The number of methoxy groups -OCH3 is 1. The van der Waals surface area contributed by atoms with E-state index in [1.54, 1.807) is 24.8 Å². The van der Waals surface area contributed by atoms with E-state index in [0.717, 1.165) is 46.9 Å². The Morgan fingerprint density at radius 3 is 2.68 bits per heavy atom. The van der Waals surface area contributed by atoms with E-state index in [-0.39, 0.29) is 0 Å². The monoisotopic (exact) mass is 355 g/mol. The second-order valence-corrected chi connectivity index (χ2v) is 8.04. The third-order valence-electron chi connectivity index (χ3n) is 5.57. The van der Waals surface area contributed by atoms with Crippen LogP contribution in [0.25, 0.3) is 20.4 Å². The SMILES string of the molecule is COc1[nH+]cnc2c1sc1nc(N3CCCCC3)c3c(c12)CCCC3. The number of thiophene rings is 1. The Balaban J connectivity index is 1.80. The van der Waals surface area contributed by atoms with Crippen molar-refractivity contribution >= 4 is 37.6 Å². The first-order valence-corrected chi connectivity index (χ1v) is 10.1. The molecule has 0 bridgehead atoms. The molecule has 0 amide bonds. The molecule has 1 fully saturated rings. The zero-order valence-electron chi connectivity index (χ0n) is 14.6. The van der Waals surface area contributed by atoms with Gasteiger partial charge in [0, 0.05) is 13.1 Å². The summed E-state index contributed by atoms with van der Waals surface area (Å²) in [7, 11) is 1.71. The molecule has 6 heteroatoms. The second kappa shape index (κ2) is 6.09. The zero-order valence-corrected chi connectivity index (χ0v) is 15.4. The summed E-state index contributed by atoms with van der Waals surface area (Å²) in [5, 5.41) is 1.27. The summed E-state index contributed by atoms with van der Waals surface area (Å²) in [5.74, 6) is 2.04. The Labute approximate surface area is 151 Å². The summed E-state index contributed by atoms with van der Waals surface area (Å²) >= 11 is 1.71. The molecular formula is C19H23N4OS+. The number of aromatic amines is 1. The lowest BCUT2D eigenvalue weighted by molar-refractivity contribution is -0.394. The number of pyridine rings is 1. The summed E-state index contributed by atoms with van der Waals surface area (Å²) in [4.78, 5) is 16.6. The van der Waals surface area contributed by atoms with Gasteiger partial charge < -0.3 is 9.64 Å². The second-order valence-electron chi connectivity index (χ2n) is 7.04. The molecule has 3 aromatic heterocycles. The summed E-state index contributed by atoms with van der Waals surface area (Å²) in [6.45, 7) is 2.29. The summed E-state index contributed by atoms with van der Waals surface area (Å²) < 4.78 is 6.60. The molecule has 4 heterocycles. The van der Waals surface area contributed by atoms with Crippen molar-refractivity contribution in [2.24, 2.45) is 0 Å². The van der Waals surface area contributed by atoms with Crippen molar-refractivity contribution in [3.05, 3.63) is 17.5 Å². The number of H-pyrrole nitrogens is 1. The van der Waals surface area contributed by atoms with Crippen LogP contribution in [0.1, 0.15) is 43.2 Å². The van der Waals surface area contributed by atoms with E-state index in [0.29, 0.717) is 0 Å². The molecule has 1 aliphatic carbocycles. The summed E-state index contributed by atoms with van der Waals surface area (Å²) in [6, 6.07) is 0. The highest BCUT2D eigenvalue weighted by Crippen LogP contribution is 2.42. The van der Waals surface area contributed by atoms with E-state index < -0.39 is 0 Å². The molecule has 1 aliphatic heterocycles. The lowest BCUT2D eigenvalue weighted by Gasteiger charge is -2.31. The van der Waals surface area contributed by atoms with Gasteiger partial charge >= 0.3 is 5.88 Å². The van der Waals surface area contributed by atoms with Crippen molar-refractivity contribution in [2.75, 3.05) is 25.1 Å². The van der Waals surface area contributed by atoms with Crippen LogP contribution < -0.4 is 14.6 Å². The molecule has 2 aliphatic rings. The predicted molar refractivity (Wildman–Crippen MR) is 101 cm³/mol. The van der Waals surface area contributed by atoms with E-state index in [2.05, 4.69) is 14.9 Å². The number of aromatic nitrogens is 3. The summed E-state index contributed by atoms with van der Waals surface area (Å²) in [6.07, 6.45) is 10.5. The molecule has 3 aromatic rings. The Morgan fingerprint density at radius 2 is 1.88 bits per heavy atom. The van der Waals surface area contributed by atoms with Crippen molar-refractivity contribution in [2.45, 2.75) is 44.9 Å². The molecular weight excluding hydrogens is 332 g/mol. The Kier molecular flexibility index (Phi) is 3.73. The number of hydrogen-bond acceptors (Lipinski definition) is 5. The molecule has 1 saturated heterocycles. The highest BCUT2D eigenvalue weighted by atomic mass is 32.1. The maximum Gasteiger partial charge on any atom is 0.303 e. The molecule has 5 rings (SSSR count). The fraction of sp³-hybridized carbons (Fsp3) is 0.526. The average molecular weight is 355 g/mol. The molecule has 0 unspecified atom stereocenters. The third kappa shape index (κ3) is 2.38. The van der Waals surface area contributed by atoms with E-state index >= 15 is 0 Å². The van der Waals surface area contributed by atoms with E-state index in [9.17, 15) is 0 Å². The maximum atomic E-state index is 5.52. The number of fused-ring (bicyclic) bond motifs is 5. The van der Waals surface area contributed by atoms with E-state index in [4.69, 9.17) is 9.72 Å². The first kappa shape index (κ1) is 15.3. The quantitative estimate of drug-likeness (QED) is 0.706. The first-order valence-electron chi connectivity index (χ1n) is 9.30. The van der Waals surface area contributed by atoms with Crippen LogP contribution in [-0.4, -0.2) is 30.2 Å². The van der Waals surface area contributed by atoms with Gasteiger partial charge in [0.25, 0.3) is 6.33 Å². The normalized spacial score (nSPS) is 17.9. The van der Waals surface area contributed by atoms with Gasteiger partial charge in [0.1, 0.15) is 10.6 Å². The lowest BCUT2D eigenvalue weighted by Crippen LogP contribution is -2.31. The molecule has 0 radical (unpaired) electrons. The van der Waals surface area contributed by atoms with Gasteiger partial charge in [-0.15, -0.1) is 11.3 Å². The minimum atomic E-state index is 0.789. The average Bonchev–Trinajstić information content (AvgIpc) is 3.07. The fourth-order valence-corrected chi connectivity index (χ4v) is 5.50. The van der Waals surface area contributed by atoms with E-state index in [1.807, 2.05) is 0 Å². The number of ether oxygens (including phenoxy) is 1. The molecule has 0 spiro atoms. The van der Waals surface area contributed by atoms with Crippen LogP contribution in [0.4, 0.5) is 5.82 Å². The van der Waals surface area contributed by atoms with Crippen molar-refractivity contribution < 1.29 is 9.72 Å². The Bertz CT molecular complexity index is 946. The van der Waals surface area contributed by atoms with Crippen LogP contribution in [0.3, 0.4) is 0 Å². The van der Waals surface area contributed by atoms with Gasteiger partial charge in [0.15, 0.2) is 4.70 Å². The van der Waals surface area contributed by atoms with Gasteiger partial charge in [0.2, 0.25) is 5.52 Å². The molecule has 130 valence electrons. The number of rotatable bonds is 2. The van der Waals surface area contributed by atoms with Gasteiger partial charge in [-0.3, -0.25) is 0 Å². The third-order valence-corrected chi connectivity index (χ3v) is 6.64. The van der Waals surface area contributed by atoms with Crippen molar-refractivity contribution in [3.63, 3.8) is 0 Å². The van der Waals surface area contributed by atoms with Gasteiger partial charge in [-0.1, -0.05) is 0 Å². The van der Waals surface area contributed by atoms with Crippen molar-refractivity contribution in [3.8, 4) is 5.88 Å². The van der Waals surface area contributed by atoms with Gasteiger partial charge in [0.05, 0.1) is 12.5 Å². The Morgan fingerprint density at radius 1 is 1.08 bits per heavy atom. The summed E-state index contributed by atoms with van der Waals surface area (Å²) in [5.41, 5.74) is 4.02. The molecule has 1 N–H and O–H groups in total. The largest absolute Gasteiger partial charge is 0.465 e.